The predicted molar refractivity (Wildman–Crippen MR) is 96.2 cm³/mol. The van der Waals surface area contributed by atoms with Gasteiger partial charge in [-0.25, -0.2) is 9.18 Å². The topological polar surface area (TPSA) is 80.9 Å². The van der Waals surface area contributed by atoms with E-state index < -0.39 is 16.8 Å². The number of nitrogens with one attached hydrogen (secondary N) is 1. The molecule has 3 rings (SSSR count). The lowest BCUT2D eigenvalue weighted by molar-refractivity contribution is 0.0993. The lowest BCUT2D eigenvalue weighted by atomic mass is 10.1. The minimum atomic E-state index is -0.655. The van der Waals surface area contributed by atoms with Crippen molar-refractivity contribution in [3.8, 4) is 0 Å². The van der Waals surface area contributed by atoms with Gasteiger partial charge in [0.2, 0.25) is 0 Å². The first-order valence-electron chi connectivity index (χ1n) is 8.01. The molecule has 0 bridgehead atoms. The first-order chi connectivity index (χ1) is 12.4. The molecule has 1 atom stereocenters. The van der Waals surface area contributed by atoms with Crippen LogP contribution in [0.4, 0.5) is 4.39 Å². The van der Waals surface area contributed by atoms with Crippen LogP contribution >= 0.6 is 11.8 Å². The van der Waals surface area contributed by atoms with Gasteiger partial charge in [-0.3, -0.25) is 9.78 Å². The molecule has 0 spiro atoms. The fraction of sp³-hybridized carbons (Fsp3) is 0.278. The number of carbonyl (C=O) groups is 1. The fourth-order valence-electron chi connectivity index (χ4n) is 2.75. The molecule has 6 nitrogen and oxygen atoms in total. The average molecular weight is 375 g/mol. The van der Waals surface area contributed by atoms with Gasteiger partial charge in [0.25, 0.3) is 0 Å². The molecule has 3 heterocycles. The molecule has 8 heteroatoms. The summed E-state index contributed by atoms with van der Waals surface area (Å²) < 4.78 is 21.2. The summed E-state index contributed by atoms with van der Waals surface area (Å²) in [5.41, 5.74) is 1.68. The van der Waals surface area contributed by atoms with Gasteiger partial charge in [0, 0.05) is 17.0 Å². The molecule has 0 aromatic carbocycles. The van der Waals surface area contributed by atoms with Gasteiger partial charge in [0.15, 0.2) is 11.6 Å². The van der Waals surface area contributed by atoms with Gasteiger partial charge < -0.3 is 8.98 Å². The third kappa shape index (κ3) is 3.65. The maximum absolute atomic E-state index is 13.8. The van der Waals surface area contributed by atoms with E-state index in [2.05, 4.69) is 9.97 Å². The summed E-state index contributed by atoms with van der Waals surface area (Å²) >= 11 is 0.969. The minimum Gasteiger partial charge on any atom is -0.467 e. The van der Waals surface area contributed by atoms with E-state index in [1.165, 1.54) is 0 Å². The third-order valence-electron chi connectivity index (χ3n) is 4.13. The molecule has 0 fully saturated rings. The van der Waals surface area contributed by atoms with Crippen molar-refractivity contribution in [2.75, 3.05) is 0 Å². The number of aromatic nitrogens is 3. The molecule has 3 aromatic heterocycles. The molecule has 0 radical (unpaired) electrons. The van der Waals surface area contributed by atoms with Gasteiger partial charge in [-0.05, 0) is 39.0 Å². The van der Waals surface area contributed by atoms with Crippen LogP contribution in [0, 0.1) is 19.7 Å². The summed E-state index contributed by atoms with van der Waals surface area (Å²) in [4.78, 5) is 29.8. The molecular weight excluding hydrogens is 357 g/mol. The van der Waals surface area contributed by atoms with Crippen molar-refractivity contribution in [1.29, 1.82) is 0 Å². The number of hydrogen-bond acceptors (Lipinski definition) is 5. The summed E-state index contributed by atoms with van der Waals surface area (Å²) in [5.74, 6) is 0.00746. The number of aryl methyl sites for hydroxylation is 1. The average Bonchev–Trinajstić information content (AvgIpc) is 3.21. The molecule has 0 saturated heterocycles. The number of H-pyrrole nitrogens is 1. The summed E-state index contributed by atoms with van der Waals surface area (Å²) in [5, 5.41) is -0.560. The third-order valence-corrected chi connectivity index (χ3v) is 5.23. The summed E-state index contributed by atoms with van der Waals surface area (Å²) in [6, 6.07) is 5.52. The van der Waals surface area contributed by atoms with E-state index >= 15 is 0 Å². The Balaban J connectivity index is 1.83. The molecule has 0 aliphatic heterocycles. The molecule has 136 valence electrons. The van der Waals surface area contributed by atoms with Crippen molar-refractivity contribution in [1.82, 2.24) is 14.5 Å². The summed E-state index contributed by atoms with van der Waals surface area (Å²) in [6.45, 7) is 6.01. The Morgan fingerprint density at radius 2 is 2.23 bits per heavy atom. The number of ketones is 1. The van der Waals surface area contributed by atoms with E-state index in [0.29, 0.717) is 12.1 Å². The number of Topliss-reactive ketones (excluding diaryl/α,β-unsaturated/α-hetero) is 1. The lowest BCUT2D eigenvalue weighted by Crippen LogP contribution is -2.17. The zero-order chi connectivity index (χ0) is 18.8. The van der Waals surface area contributed by atoms with E-state index in [4.69, 9.17) is 4.42 Å². The van der Waals surface area contributed by atoms with Crippen molar-refractivity contribution >= 4 is 17.5 Å². The van der Waals surface area contributed by atoms with Crippen LogP contribution in [0.15, 0.2) is 44.9 Å². The zero-order valence-electron chi connectivity index (χ0n) is 14.6. The van der Waals surface area contributed by atoms with Crippen molar-refractivity contribution in [2.45, 2.75) is 37.6 Å². The van der Waals surface area contributed by atoms with Gasteiger partial charge in [-0.1, -0.05) is 11.8 Å². The highest BCUT2D eigenvalue weighted by Gasteiger charge is 2.23. The molecular formula is C18H18FN3O3S. The second-order valence-electron chi connectivity index (χ2n) is 5.94. The Labute approximate surface area is 153 Å². The van der Waals surface area contributed by atoms with E-state index in [1.54, 1.807) is 13.2 Å². The van der Waals surface area contributed by atoms with Gasteiger partial charge >= 0.3 is 5.69 Å². The number of furan rings is 1. The minimum absolute atomic E-state index is 0.00948. The molecule has 26 heavy (non-hydrogen) atoms. The Morgan fingerprint density at radius 1 is 1.46 bits per heavy atom. The standard InChI is InChI=1S/C18H18FN3O3S/c1-10-7-14(11(2)22(10)9-13-5-4-6-25-13)16(23)12(3)26-17-15(19)8-20-18(24)21-17/h4-8,12H,9H2,1-3H3,(H,20,21,24). The van der Waals surface area contributed by atoms with Crippen molar-refractivity contribution < 1.29 is 13.6 Å². The number of hydrogen-bond donors (Lipinski definition) is 1. The van der Waals surface area contributed by atoms with Crippen LogP contribution < -0.4 is 5.69 Å². The summed E-state index contributed by atoms with van der Waals surface area (Å²) in [6.07, 6.45) is 2.46. The largest absolute Gasteiger partial charge is 0.467 e. The fourth-order valence-corrected chi connectivity index (χ4v) is 3.65. The van der Waals surface area contributed by atoms with Crippen molar-refractivity contribution in [3.05, 3.63) is 69.7 Å². The predicted octanol–water partition coefficient (Wildman–Crippen LogP) is 3.33. The van der Waals surface area contributed by atoms with E-state index in [1.807, 2.05) is 36.6 Å². The van der Waals surface area contributed by atoms with E-state index in [0.717, 1.165) is 35.1 Å². The van der Waals surface area contributed by atoms with Gasteiger partial charge in [0.1, 0.15) is 10.8 Å². The van der Waals surface area contributed by atoms with Crippen LogP contribution in [-0.4, -0.2) is 25.6 Å². The number of halogens is 1. The van der Waals surface area contributed by atoms with Crippen LogP contribution in [0.3, 0.4) is 0 Å². The van der Waals surface area contributed by atoms with Gasteiger partial charge in [-0.2, -0.15) is 4.98 Å². The van der Waals surface area contributed by atoms with Crippen LogP contribution in [0.25, 0.3) is 0 Å². The Morgan fingerprint density at radius 3 is 2.92 bits per heavy atom. The van der Waals surface area contributed by atoms with Crippen molar-refractivity contribution in [2.24, 2.45) is 0 Å². The van der Waals surface area contributed by atoms with E-state index in [9.17, 15) is 14.0 Å². The quantitative estimate of drug-likeness (QED) is 0.406. The molecule has 0 aliphatic rings. The maximum Gasteiger partial charge on any atom is 0.345 e. The molecule has 0 amide bonds. The van der Waals surface area contributed by atoms with Crippen LogP contribution in [-0.2, 0) is 6.54 Å². The summed E-state index contributed by atoms with van der Waals surface area (Å²) in [7, 11) is 0. The molecule has 0 aliphatic carbocycles. The first kappa shape index (κ1) is 18.2. The van der Waals surface area contributed by atoms with E-state index in [-0.39, 0.29) is 10.8 Å². The second-order valence-corrected chi connectivity index (χ2v) is 7.29. The van der Waals surface area contributed by atoms with Crippen LogP contribution in [0.5, 0.6) is 0 Å². The second kappa shape index (κ2) is 7.33. The SMILES string of the molecule is Cc1cc(C(=O)C(C)Sc2[nH]c(=O)ncc2F)c(C)n1Cc1ccco1. The number of aromatic amines is 1. The van der Waals surface area contributed by atoms with Gasteiger partial charge in [0.05, 0.1) is 24.3 Å². The first-order valence-corrected chi connectivity index (χ1v) is 8.89. The monoisotopic (exact) mass is 375 g/mol. The van der Waals surface area contributed by atoms with Gasteiger partial charge in [-0.15, -0.1) is 0 Å². The number of thioether (sulfide) groups is 1. The smallest absolute Gasteiger partial charge is 0.345 e. The van der Waals surface area contributed by atoms with Crippen LogP contribution in [0.2, 0.25) is 0 Å². The molecule has 1 unspecified atom stereocenters. The number of carbonyl (C=O) groups excluding carboxylic acids is 1. The lowest BCUT2D eigenvalue weighted by Gasteiger charge is -2.11. The normalized spacial score (nSPS) is 12.3. The number of nitrogens with zero attached hydrogens (tertiary/aromatic N) is 2. The molecule has 0 saturated carbocycles. The Hall–Kier alpha value is -2.61. The highest BCUT2D eigenvalue weighted by molar-refractivity contribution is 8.00. The number of rotatable bonds is 6. The zero-order valence-corrected chi connectivity index (χ0v) is 15.4. The molecule has 1 N–H and O–H groups in total. The molecule has 3 aromatic rings. The highest BCUT2D eigenvalue weighted by Crippen LogP contribution is 2.27. The van der Waals surface area contributed by atoms with Crippen molar-refractivity contribution in [3.63, 3.8) is 0 Å². The highest BCUT2D eigenvalue weighted by atomic mass is 32.2. The Bertz CT molecular complexity index is 992. The van der Waals surface area contributed by atoms with Crippen LogP contribution in [0.1, 0.15) is 34.4 Å². The Kier molecular flexibility index (Phi) is 5.13. The maximum atomic E-state index is 13.8.